The van der Waals surface area contributed by atoms with Gasteiger partial charge in [0, 0.05) is 45.3 Å². The number of hydrogen-bond acceptors (Lipinski definition) is 4. The number of hydrogen-bond donors (Lipinski definition) is 1. The molecule has 6 nitrogen and oxygen atoms in total. The van der Waals surface area contributed by atoms with Crippen molar-refractivity contribution in [3.8, 4) is 6.07 Å². The number of carbonyl (C=O) groups excluding carboxylic acids is 2. The standard InChI is InChI=1S/C19H32N4O2/c1-3-5-11-22(12-6-4-2)16-17(15-20)19(25)21-10-8-14-23-13-7-9-18(23)24/h16H,3-14H2,1-2H3,(H,21,25)/b17-16-. The van der Waals surface area contributed by atoms with E-state index in [1.165, 1.54) is 0 Å². The van der Waals surface area contributed by atoms with E-state index in [1.54, 1.807) is 6.20 Å². The number of nitrogens with one attached hydrogen (secondary N) is 1. The van der Waals surface area contributed by atoms with Gasteiger partial charge in [0.2, 0.25) is 5.91 Å². The van der Waals surface area contributed by atoms with Gasteiger partial charge in [0.15, 0.2) is 0 Å². The van der Waals surface area contributed by atoms with E-state index in [4.69, 9.17) is 0 Å². The maximum absolute atomic E-state index is 12.2. The van der Waals surface area contributed by atoms with Crippen molar-refractivity contribution in [1.82, 2.24) is 15.1 Å². The molecule has 1 rings (SSSR count). The van der Waals surface area contributed by atoms with Crippen LogP contribution in [0.25, 0.3) is 0 Å². The van der Waals surface area contributed by atoms with E-state index in [9.17, 15) is 14.9 Å². The van der Waals surface area contributed by atoms with Crippen molar-refractivity contribution < 1.29 is 9.59 Å². The van der Waals surface area contributed by atoms with Crippen molar-refractivity contribution in [3.63, 3.8) is 0 Å². The highest BCUT2D eigenvalue weighted by atomic mass is 16.2. The molecular weight excluding hydrogens is 316 g/mol. The van der Waals surface area contributed by atoms with E-state index < -0.39 is 0 Å². The van der Waals surface area contributed by atoms with E-state index in [0.717, 1.165) is 51.7 Å². The van der Waals surface area contributed by atoms with Crippen LogP contribution in [-0.4, -0.2) is 54.3 Å². The molecule has 1 heterocycles. The molecule has 0 spiro atoms. The molecule has 1 saturated heterocycles. The van der Waals surface area contributed by atoms with Crippen molar-refractivity contribution in [2.75, 3.05) is 32.7 Å². The van der Waals surface area contributed by atoms with Gasteiger partial charge in [-0.05, 0) is 25.7 Å². The van der Waals surface area contributed by atoms with Gasteiger partial charge in [-0.25, -0.2) is 0 Å². The second kappa shape index (κ2) is 12.3. The summed E-state index contributed by atoms with van der Waals surface area (Å²) in [5.74, 6) is -0.125. The summed E-state index contributed by atoms with van der Waals surface area (Å²) < 4.78 is 0. The van der Waals surface area contributed by atoms with Crippen LogP contribution in [0.5, 0.6) is 0 Å². The molecule has 0 aromatic rings. The first-order valence-corrected chi connectivity index (χ1v) is 9.54. The number of amides is 2. The number of unbranched alkanes of at least 4 members (excludes halogenated alkanes) is 2. The zero-order valence-electron chi connectivity index (χ0n) is 15.7. The van der Waals surface area contributed by atoms with Gasteiger partial charge < -0.3 is 15.1 Å². The van der Waals surface area contributed by atoms with Gasteiger partial charge in [0.1, 0.15) is 11.6 Å². The van der Waals surface area contributed by atoms with Crippen molar-refractivity contribution in [2.45, 2.75) is 58.8 Å². The molecule has 140 valence electrons. The summed E-state index contributed by atoms with van der Waals surface area (Å²) in [5, 5.41) is 12.1. The summed E-state index contributed by atoms with van der Waals surface area (Å²) in [6.07, 6.45) is 8.24. The molecule has 1 fully saturated rings. The lowest BCUT2D eigenvalue weighted by Gasteiger charge is -2.20. The van der Waals surface area contributed by atoms with Crippen molar-refractivity contribution in [1.29, 1.82) is 5.26 Å². The van der Waals surface area contributed by atoms with E-state index in [2.05, 4.69) is 24.1 Å². The lowest BCUT2D eigenvalue weighted by molar-refractivity contribution is -0.127. The predicted molar refractivity (Wildman–Crippen MR) is 98.5 cm³/mol. The van der Waals surface area contributed by atoms with E-state index in [-0.39, 0.29) is 17.4 Å². The van der Waals surface area contributed by atoms with Crippen LogP contribution in [0.15, 0.2) is 11.8 Å². The maximum Gasteiger partial charge on any atom is 0.263 e. The summed E-state index contributed by atoms with van der Waals surface area (Å²) in [6, 6.07) is 2.02. The number of likely N-dealkylation sites (tertiary alicyclic amines) is 1. The third-order valence-electron chi connectivity index (χ3n) is 4.34. The fourth-order valence-corrected chi connectivity index (χ4v) is 2.79. The molecule has 25 heavy (non-hydrogen) atoms. The molecule has 0 atom stereocenters. The zero-order chi connectivity index (χ0) is 18.5. The molecule has 1 aliphatic rings. The second-order valence-corrected chi connectivity index (χ2v) is 6.49. The molecule has 0 aromatic heterocycles. The monoisotopic (exact) mass is 348 g/mol. The zero-order valence-corrected chi connectivity index (χ0v) is 15.7. The Morgan fingerprint density at radius 2 is 1.96 bits per heavy atom. The first-order chi connectivity index (χ1) is 12.1. The van der Waals surface area contributed by atoms with E-state index in [0.29, 0.717) is 25.9 Å². The first-order valence-electron chi connectivity index (χ1n) is 9.54. The molecule has 1 N–H and O–H groups in total. The van der Waals surface area contributed by atoms with Crippen LogP contribution >= 0.6 is 0 Å². The van der Waals surface area contributed by atoms with E-state index >= 15 is 0 Å². The number of rotatable bonds is 12. The Labute approximate surface area is 151 Å². The quantitative estimate of drug-likeness (QED) is 0.334. The molecule has 0 saturated carbocycles. The van der Waals surface area contributed by atoms with Crippen LogP contribution < -0.4 is 5.32 Å². The Morgan fingerprint density at radius 3 is 2.48 bits per heavy atom. The van der Waals surface area contributed by atoms with Crippen LogP contribution in [0.3, 0.4) is 0 Å². The Morgan fingerprint density at radius 1 is 1.28 bits per heavy atom. The lowest BCUT2D eigenvalue weighted by atomic mass is 10.2. The largest absolute Gasteiger partial charge is 0.376 e. The van der Waals surface area contributed by atoms with Crippen molar-refractivity contribution in [3.05, 3.63) is 11.8 Å². The van der Waals surface area contributed by atoms with Crippen LogP contribution in [0.4, 0.5) is 0 Å². The Balaban J connectivity index is 2.44. The first kappa shape index (κ1) is 21.0. The molecular formula is C19H32N4O2. The van der Waals surface area contributed by atoms with Gasteiger partial charge in [0.05, 0.1) is 0 Å². The average Bonchev–Trinajstić information content (AvgIpc) is 3.02. The number of carbonyl (C=O) groups is 2. The average molecular weight is 348 g/mol. The molecule has 0 radical (unpaired) electrons. The van der Waals surface area contributed by atoms with Gasteiger partial charge in [0.25, 0.3) is 5.91 Å². The minimum atomic E-state index is -0.326. The molecule has 0 aliphatic carbocycles. The molecule has 0 aromatic carbocycles. The molecule has 0 unspecified atom stereocenters. The van der Waals surface area contributed by atoms with Gasteiger partial charge in [-0.1, -0.05) is 26.7 Å². The molecule has 6 heteroatoms. The van der Waals surface area contributed by atoms with E-state index in [1.807, 2.05) is 11.0 Å². The summed E-state index contributed by atoms with van der Waals surface area (Å²) in [6.45, 7) is 7.96. The fourth-order valence-electron chi connectivity index (χ4n) is 2.79. The fraction of sp³-hybridized carbons (Fsp3) is 0.737. The minimum Gasteiger partial charge on any atom is -0.376 e. The smallest absolute Gasteiger partial charge is 0.263 e. The van der Waals surface area contributed by atoms with Crippen LogP contribution in [0.2, 0.25) is 0 Å². The van der Waals surface area contributed by atoms with Gasteiger partial charge >= 0.3 is 0 Å². The Bertz CT molecular complexity index is 488. The van der Waals surface area contributed by atoms with Crippen LogP contribution in [0, 0.1) is 11.3 Å². The Hall–Kier alpha value is -2.03. The second-order valence-electron chi connectivity index (χ2n) is 6.49. The van der Waals surface area contributed by atoms with Gasteiger partial charge in [-0.2, -0.15) is 5.26 Å². The van der Waals surface area contributed by atoms with Gasteiger partial charge in [-0.15, -0.1) is 0 Å². The lowest BCUT2D eigenvalue weighted by Crippen LogP contribution is -2.32. The Kier molecular flexibility index (Phi) is 10.4. The summed E-state index contributed by atoms with van der Waals surface area (Å²) >= 11 is 0. The van der Waals surface area contributed by atoms with Gasteiger partial charge in [-0.3, -0.25) is 9.59 Å². The molecule has 0 bridgehead atoms. The normalized spacial score (nSPS) is 14.5. The third kappa shape index (κ3) is 8.06. The summed E-state index contributed by atoms with van der Waals surface area (Å²) in [7, 11) is 0. The highest BCUT2D eigenvalue weighted by molar-refractivity contribution is 5.97. The highest BCUT2D eigenvalue weighted by Crippen LogP contribution is 2.09. The van der Waals surface area contributed by atoms with Crippen molar-refractivity contribution >= 4 is 11.8 Å². The SMILES string of the molecule is CCCCN(/C=C(/C#N)C(=O)NCCCN1CCCC1=O)CCCC. The summed E-state index contributed by atoms with van der Waals surface area (Å²) in [4.78, 5) is 27.7. The molecule has 1 aliphatic heterocycles. The number of nitriles is 1. The van der Waals surface area contributed by atoms with Crippen molar-refractivity contribution in [2.24, 2.45) is 0 Å². The minimum absolute atomic E-state index is 0.157. The molecule has 2 amide bonds. The van der Waals surface area contributed by atoms with Crippen LogP contribution in [0.1, 0.15) is 58.8 Å². The maximum atomic E-state index is 12.2. The summed E-state index contributed by atoms with van der Waals surface area (Å²) in [5.41, 5.74) is 0.157. The third-order valence-corrected chi connectivity index (χ3v) is 4.34. The topological polar surface area (TPSA) is 76.4 Å². The predicted octanol–water partition coefficient (Wildman–Crippen LogP) is 2.42. The van der Waals surface area contributed by atoms with Crippen LogP contribution in [-0.2, 0) is 9.59 Å². The highest BCUT2D eigenvalue weighted by Gasteiger charge is 2.19. The number of nitrogens with zero attached hydrogens (tertiary/aromatic N) is 3.